The molecule has 2 aromatic rings. The summed E-state index contributed by atoms with van der Waals surface area (Å²) in [6.45, 7) is 1.75. The van der Waals surface area contributed by atoms with Crippen molar-refractivity contribution in [3.8, 4) is 11.5 Å². The SMILES string of the molecule is COc1ccc(C2NC(=O)NC(C)=C2C(=O)OCc2ccccc2)c(Cl)c1OC. The van der Waals surface area contributed by atoms with Gasteiger partial charge >= 0.3 is 12.0 Å². The molecule has 1 aliphatic heterocycles. The molecule has 0 aromatic heterocycles. The van der Waals surface area contributed by atoms with E-state index in [1.54, 1.807) is 19.1 Å². The van der Waals surface area contributed by atoms with Crippen molar-refractivity contribution >= 4 is 23.6 Å². The Kier molecular flexibility index (Phi) is 6.29. The highest BCUT2D eigenvalue weighted by molar-refractivity contribution is 6.33. The highest BCUT2D eigenvalue weighted by Gasteiger charge is 2.34. The molecule has 0 bridgehead atoms. The maximum absolute atomic E-state index is 12.9. The van der Waals surface area contributed by atoms with Crippen LogP contribution in [0.2, 0.25) is 5.02 Å². The number of methoxy groups -OCH3 is 2. The van der Waals surface area contributed by atoms with Crippen LogP contribution in [0.4, 0.5) is 4.79 Å². The summed E-state index contributed by atoms with van der Waals surface area (Å²) >= 11 is 6.51. The van der Waals surface area contributed by atoms with Crippen molar-refractivity contribution in [1.82, 2.24) is 10.6 Å². The molecule has 2 N–H and O–H groups in total. The third-order valence-corrected chi connectivity index (χ3v) is 4.92. The van der Waals surface area contributed by atoms with Gasteiger partial charge in [0.05, 0.1) is 30.9 Å². The maximum atomic E-state index is 12.9. The Bertz CT molecular complexity index is 959. The van der Waals surface area contributed by atoms with Gasteiger partial charge in [-0.2, -0.15) is 0 Å². The zero-order valence-electron chi connectivity index (χ0n) is 16.2. The third kappa shape index (κ3) is 4.30. The number of halogens is 1. The second kappa shape index (κ2) is 8.87. The van der Waals surface area contributed by atoms with Gasteiger partial charge in [0, 0.05) is 11.3 Å². The number of amides is 2. The van der Waals surface area contributed by atoms with Crippen LogP contribution in [0.25, 0.3) is 0 Å². The van der Waals surface area contributed by atoms with Crippen molar-refractivity contribution in [2.24, 2.45) is 0 Å². The van der Waals surface area contributed by atoms with Gasteiger partial charge < -0.3 is 24.8 Å². The second-order valence-corrected chi connectivity index (χ2v) is 6.71. The first-order chi connectivity index (χ1) is 14.0. The predicted octanol–water partition coefficient (Wildman–Crippen LogP) is 3.73. The van der Waals surface area contributed by atoms with E-state index in [4.69, 9.17) is 25.8 Å². The number of carbonyl (C=O) groups excluding carboxylic acids is 2. The molecule has 0 aliphatic carbocycles. The summed E-state index contributed by atoms with van der Waals surface area (Å²) in [6, 6.07) is 11.4. The smallest absolute Gasteiger partial charge is 0.338 e. The lowest BCUT2D eigenvalue weighted by Crippen LogP contribution is -2.45. The molecule has 1 aliphatic rings. The van der Waals surface area contributed by atoms with Crippen molar-refractivity contribution in [3.63, 3.8) is 0 Å². The van der Waals surface area contributed by atoms with Crippen molar-refractivity contribution < 1.29 is 23.8 Å². The van der Waals surface area contributed by atoms with Gasteiger partial charge in [-0.25, -0.2) is 9.59 Å². The van der Waals surface area contributed by atoms with Gasteiger partial charge in [-0.3, -0.25) is 0 Å². The zero-order valence-corrected chi connectivity index (χ0v) is 17.0. The first-order valence-electron chi connectivity index (χ1n) is 8.86. The molecule has 1 atom stereocenters. The molecule has 0 radical (unpaired) electrons. The number of ether oxygens (including phenoxy) is 3. The molecule has 0 fully saturated rings. The molecular weight excluding hydrogens is 396 g/mol. The van der Waals surface area contributed by atoms with E-state index in [9.17, 15) is 9.59 Å². The Morgan fingerprint density at radius 2 is 1.83 bits per heavy atom. The number of hydrogen-bond donors (Lipinski definition) is 2. The fourth-order valence-corrected chi connectivity index (χ4v) is 3.47. The van der Waals surface area contributed by atoms with Crippen LogP contribution < -0.4 is 20.1 Å². The Morgan fingerprint density at radius 1 is 1.10 bits per heavy atom. The van der Waals surface area contributed by atoms with E-state index < -0.39 is 18.0 Å². The summed E-state index contributed by atoms with van der Waals surface area (Å²) < 4.78 is 16.1. The highest BCUT2D eigenvalue weighted by Crippen LogP contribution is 2.42. The minimum Gasteiger partial charge on any atom is -0.493 e. The normalized spacial score (nSPS) is 16.0. The molecule has 0 saturated carbocycles. The van der Waals surface area contributed by atoms with Crippen LogP contribution in [0, 0.1) is 0 Å². The van der Waals surface area contributed by atoms with E-state index >= 15 is 0 Å². The number of allylic oxidation sites excluding steroid dienone is 1. The number of nitrogens with one attached hydrogen (secondary N) is 2. The topological polar surface area (TPSA) is 85.9 Å². The molecule has 152 valence electrons. The second-order valence-electron chi connectivity index (χ2n) is 6.34. The molecule has 1 unspecified atom stereocenters. The minimum absolute atomic E-state index is 0.108. The van der Waals surface area contributed by atoms with E-state index in [2.05, 4.69) is 10.6 Å². The van der Waals surface area contributed by atoms with E-state index in [1.165, 1.54) is 14.2 Å². The van der Waals surface area contributed by atoms with Gasteiger partial charge in [0.2, 0.25) is 0 Å². The van der Waals surface area contributed by atoms with Crippen LogP contribution in [-0.4, -0.2) is 26.2 Å². The summed E-state index contributed by atoms with van der Waals surface area (Å²) in [5.74, 6) is 0.194. The van der Waals surface area contributed by atoms with Crippen LogP contribution in [0.3, 0.4) is 0 Å². The number of carbonyl (C=O) groups is 2. The fraction of sp³-hybridized carbons (Fsp3) is 0.238. The largest absolute Gasteiger partial charge is 0.493 e. The zero-order chi connectivity index (χ0) is 21.0. The summed E-state index contributed by atoms with van der Waals surface area (Å²) in [5, 5.41) is 5.58. The summed E-state index contributed by atoms with van der Waals surface area (Å²) in [4.78, 5) is 25.0. The standard InChI is InChI=1S/C21H21ClN2O5/c1-12-16(20(25)29-11-13-7-5-4-6-8-13)18(24-21(26)23-12)14-9-10-15(27-2)19(28-3)17(14)22/h4-10,18H,11H2,1-3H3,(H2,23,24,26). The van der Waals surface area contributed by atoms with Gasteiger partial charge in [-0.15, -0.1) is 0 Å². The van der Waals surface area contributed by atoms with Crippen LogP contribution in [-0.2, 0) is 16.1 Å². The summed E-state index contributed by atoms with van der Waals surface area (Å²) in [5.41, 5.74) is 2.00. The molecule has 2 aromatic carbocycles. The van der Waals surface area contributed by atoms with E-state index in [-0.39, 0.29) is 17.2 Å². The average molecular weight is 417 g/mol. The molecule has 2 amide bonds. The van der Waals surface area contributed by atoms with Gasteiger partial charge in [0.25, 0.3) is 0 Å². The van der Waals surface area contributed by atoms with Crippen LogP contribution in [0.1, 0.15) is 24.1 Å². The summed E-state index contributed by atoms with van der Waals surface area (Å²) in [7, 11) is 2.96. The average Bonchev–Trinajstić information content (AvgIpc) is 2.71. The van der Waals surface area contributed by atoms with Gasteiger partial charge in [0.15, 0.2) is 11.5 Å². The Morgan fingerprint density at radius 3 is 2.48 bits per heavy atom. The first-order valence-corrected chi connectivity index (χ1v) is 9.23. The van der Waals surface area contributed by atoms with Gasteiger partial charge in [0.1, 0.15) is 6.61 Å². The Balaban J connectivity index is 1.95. The van der Waals surface area contributed by atoms with Crippen molar-refractivity contribution in [1.29, 1.82) is 0 Å². The number of benzene rings is 2. The monoisotopic (exact) mass is 416 g/mol. The lowest BCUT2D eigenvalue weighted by Gasteiger charge is -2.29. The lowest BCUT2D eigenvalue weighted by atomic mass is 9.95. The number of urea groups is 1. The lowest BCUT2D eigenvalue weighted by molar-refractivity contribution is -0.140. The molecule has 0 saturated heterocycles. The maximum Gasteiger partial charge on any atom is 0.338 e. The number of hydrogen-bond acceptors (Lipinski definition) is 5. The van der Waals surface area contributed by atoms with Crippen molar-refractivity contribution in [2.45, 2.75) is 19.6 Å². The number of rotatable bonds is 6. The Labute approximate surface area is 173 Å². The molecule has 8 heteroatoms. The molecule has 0 spiro atoms. The first kappa shape index (κ1) is 20.5. The summed E-state index contributed by atoms with van der Waals surface area (Å²) in [6.07, 6.45) is 0. The molecule has 7 nitrogen and oxygen atoms in total. The molecular formula is C21H21ClN2O5. The minimum atomic E-state index is -0.806. The molecule has 3 rings (SSSR count). The predicted molar refractivity (Wildman–Crippen MR) is 108 cm³/mol. The highest BCUT2D eigenvalue weighted by atomic mass is 35.5. The van der Waals surface area contributed by atoms with Gasteiger partial charge in [-0.05, 0) is 18.6 Å². The van der Waals surface area contributed by atoms with E-state index in [1.807, 2.05) is 30.3 Å². The molecule has 29 heavy (non-hydrogen) atoms. The van der Waals surface area contributed by atoms with Crippen LogP contribution in [0.15, 0.2) is 53.7 Å². The van der Waals surface area contributed by atoms with Crippen LogP contribution in [0.5, 0.6) is 11.5 Å². The Hall–Kier alpha value is -3.19. The van der Waals surface area contributed by atoms with Crippen LogP contribution >= 0.6 is 11.6 Å². The molecule has 1 heterocycles. The van der Waals surface area contributed by atoms with Gasteiger partial charge in [-0.1, -0.05) is 48.0 Å². The van der Waals surface area contributed by atoms with Crippen molar-refractivity contribution in [2.75, 3.05) is 14.2 Å². The fourth-order valence-electron chi connectivity index (χ4n) is 3.13. The van der Waals surface area contributed by atoms with E-state index in [0.717, 1.165) is 5.56 Å². The number of esters is 1. The van der Waals surface area contributed by atoms with Crippen molar-refractivity contribution in [3.05, 3.63) is 69.9 Å². The third-order valence-electron chi connectivity index (χ3n) is 4.53. The van der Waals surface area contributed by atoms with E-state index in [0.29, 0.717) is 22.8 Å². The quantitative estimate of drug-likeness (QED) is 0.701.